The van der Waals surface area contributed by atoms with Crippen LogP contribution in [-0.4, -0.2) is 5.11 Å². The molecule has 1 aliphatic rings. The molecular formula is C20H18O. The molecule has 0 saturated heterocycles. The predicted molar refractivity (Wildman–Crippen MR) is 86.4 cm³/mol. The van der Waals surface area contributed by atoms with Crippen molar-refractivity contribution in [2.45, 2.75) is 24.9 Å². The topological polar surface area (TPSA) is 20.2 Å². The molecular weight excluding hydrogens is 256 g/mol. The second-order valence-electron chi connectivity index (χ2n) is 5.95. The molecule has 21 heavy (non-hydrogen) atoms. The summed E-state index contributed by atoms with van der Waals surface area (Å²) in [6, 6.07) is 22.9. The molecule has 0 bridgehead atoms. The molecule has 0 aromatic heterocycles. The zero-order chi connectivity index (χ0) is 14.2. The van der Waals surface area contributed by atoms with Gasteiger partial charge in [-0.15, -0.1) is 0 Å². The van der Waals surface area contributed by atoms with Gasteiger partial charge in [0, 0.05) is 0 Å². The van der Waals surface area contributed by atoms with Crippen molar-refractivity contribution in [1.29, 1.82) is 0 Å². The van der Waals surface area contributed by atoms with E-state index in [9.17, 15) is 5.11 Å². The zero-order valence-electron chi connectivity index (χ0n) is 11.9. The van der Waals surface area contributed by atoms with E-state index in [-0.39, 0.29) is 0 Å². The van der Waals surface area contributed by atoms with Crippen LogP contribution >= 0.6 is 0 Å². The number of benzene rings is 3. The van der Waals surface area contributed by atoms with Gasteiger partial charge in [-0.25, -0.2) is 0 Å². The van der Waals surface area contributed by atoms with Crippen molar-refractivity contribution in [3.63, 3.8) is 0 Å². The third-order valence-corrected chi connectivity index (χ3v) is 4.36. The molecule has 0 radical (unpaired) electrons. The van der Waals surface area contributed by atoms with Gasteiger partial charge in [0.1, 0.15) is 6.10 Å². The van der Waals surface area contributed by atoms with Gasteiger partial charge in [-0.3, -0.25) is 0 Å². The molecule has 1 nitrogen and oxygen atoms in total. The first-order chi connectivity index (χ1) is 10.3. The molecule has 1 atom stereocenters. The van der Waals surface area contributed by atoms with Gasteiger partial charge in [-0.2, -0.15) is 0 Å². The quantitative estimate of drug-likeness (QED) is 0.727. The standard InChI is InChI=1S/C20H18O/c21-20(18-7-3-6-17(12-18)15-8-9-15)19-11-10-14-4-1-2-5-16(14)13-19/h1-7,10-13,15,20-21H,8-9H2. The lowest BCUT2D eigenvalue weighted by Crippen LogP contribution is -2.00. The number of rotatable bonds is 3. The average Bonchev–Trinajstić information content (AvgIpc) is 3.39. The Morgan fingerprint density at radius 1 is 0.762 bits per heavy atom. The fraction of sp³-hybridized carbons (Fsp3) is 0.200. The normalized spacial score (nSPS) is 16.0. The van der Waals surface area contributed by atoms with Gasteiger partial charge in [0.2, 0.25) is 0 Å². The van der Waals surface area contributed by atoms with E-state index in [4.69, 9.17) is 0 Å². The first-order valence-electron chi connectivity index (χ1n) is 7.58. The van der Waals surface area contributed by atoms with Crippen LogP contribution in [0.2, 0.25) is 0 Å². The molecule has 0 heterocycles. The third-order valence-electron chi connectivity index (χ3n) is 4.36. The van der Waals surface area contributed by atoms with Crippen molar-refractivity contribution < 1.29 is 5.11 Å². The monoisotopic (exact) mass is 274 g/mol. The van der Waals surface area contributed by atoms with E-state index in [1.54, 1.807) is 0 Å². The second kappa shape index (κ2) is 5.01. The van der Waals surface area contributed by atoms with Crippen LogP contribution in [0.3, 0.4) is 0 Å². The predicted octanol–water partition coefficient (Wildman–Crippen LogP) is 4.80. The highest BCUT2D eigenvalue weighted by Crippen LogP contribution is 2.41. The van der Waals surface area contributed by atoms with Crippen LogP contribution in [0.5, 0.6) is 0 Å². The van der Waals surface area contributed by atoms with Crippen molar-refractivity contribution in [1.82, 2.24) is 0 Å². The molecule has 0 aliphatic heterocycles. The Morgan fingerprint density at radius 3 is 2.33 bits per heavy atom. The van der Waals surface area contributed by atoms with Crippen LogP contribution in [0.1, 0.15) is 41.6 Å². The minimum Gasteiger partial charge on any atom is -0.384 e. The Hall–Kier alpha value is -2.12. The van der Waals surface area contributed by atoms with Crippen molar-refractivity contribution in [3.8, 4) is 0 Å². The molecule has 1 N–H and O–H groups in total. The molecule has 3 aromatic carbocycles. The van der Waals surface area contributed by atoms with Crippen LogP contribution in [-0.2, 0) is 0 Å². The van der Waals surface area contributed by atoms with Crippen molar-refractivity contribution >= 4 is 10.8 Å². The van der Waals surface area contributed by atoms with Gasteiger partial charge >= 0.3 is 0 Å². The highest BCUT2D eigenvalue weighted by molar-refractivity contribution is 5.83. The van der Waals surface area contributed by atoms with E-state index in [1.807, 2.05) is 24.3 Å². The fourth-order valence-corrected chi connectivity index (χ4v) is 2.97. The molecule has 1 heteroatoms. The summed E-state index contributed by atoms with van der Waals surface area (Å²) in [5.41, 5.74) is 3.32. The highest BCUT2D eigenvalue weighted by atomic mass is 16.3. The molecule has 1 aliphatic carbocycles. The molecule has 104 valence electrons. The minimum atomic E-state index is -0.548. The highest BCUT2D eigenvalue weighted by Gasteiger charge is 2.24. The van der Waals surface area contributed by atoms with Gasteiger partial charge in [0.25, 0.3) is 0 Å². The molecule has 1 unspecified atom stereocenters. The van der Waals surface area contributed by atoms with Crippen molar-refractivity contribution in [2.24, 2.45) is 0 Å². The SMILES string of the molecule is OC(c1cccc(C2CC2)c1)c1ccc2ccccc2c1. The van der Waals surface area contributed by atoms with Crippen LogP contribution < -0.4 is 0 Å². The van der Waals surface area contributed by atoms with Crippen LogP contribution in [0.15, 0.2) is 66.7 Å². The molecule has 0 amide bonds. The molecule has 4 rings (SSSR count). The first-order valence-corrected chi connectivity index (χ1v) is 7.58. The summed E-state index contributed by atoms with van der Waals surface area (Å²) in [6.45, 7) is 0. The lowest BCUT2D eigenvalue weighted by molar-refractivity contribution is 0.220. The lowest BCUT2D eigenvalue weighted by Gasteiger charge is -2.13. The fourth-order valence-electron chi connectivity index (χ4n) is 2.97. The van der Waals surface area contributed by atoms with Crippen LogP contribution in [0.25, 0.3) is 10.8 Å². The molecule has 1 fully saturated rings. The molecule has 1 saturated carbocycles. The number of fused-ring (bicyclic) bond motifs is 1. The van der Waals surface area contributed by atoms with E-state index in [1.165, 1.54) is 29.2 Å². The van der Waals surface area contributed by atoms with Crippen molar-refractivity contribution in [2.75, 3.05) is 0 Å². The number of aliphatic hydroxyl groups excluding tert-OH is 1. The van der Waals surface area contributed by atoms with E-state index in [2.05, 4.69) is 42.5 Å². The largest absolute Gasteiger partial charge is 0.384 e. The van der Waals surface area contributed by atoms with Gasteiger partial charge < -0.3 is 5.11 Å². The van der Waals surface area contributed by atoms with E-state index >= 15 is 0 Å². The van der Waals surface area contributed by atoms with E-state index in [0.29, 0.717) is 5.92 Å². The summed E-state index contributed by atoms with van der Waals surface area (Å²) >= 11 is 0. The maximum Gasteiger partial charge on any atom is 0.104 e. The molecule has 0 spiro atoms. The van der Waals surface area contributed by atoms with Gasteiger partial charge in [0.15, 0.2) is 0 Å². The smallest absolute Gasteiger partial charge is 0.104 e. The Balaban J connectivity index is 1.71. The summed E-state index contributed by atoms with van der Waals surface area (Å²) in [5, 5.41) is 13.1. The van der Waals surface area contributed by atoms with Gasteiger partial charge in [-0.1, -0.05) is 60.7 Å². The number of aliphatic hydroxyl groups is 1. The summed E-state index contributed by atoms with van der Waals surface area (Å²) in [6.07, 6.45) is 2.03. The first kappa shape index (κ1) is 12.6. The lowest BCUT2D eigenvalue weighted by atomic mass is 9.96. The second-order valence-corrected chi connectivity index (χ2v) is 5.95. The average molecular weight is 274 g/mol. The van der Waals surface area contributed by atoms with Gasteiger partial charge in [-0.05, 0) is 52.3 Å². The van der Waals surface area contributed by atoms with Crippen LogP contribution in [0.4, 0.5) is 0 Å². The van der Waals surface area contributed by atoms with E-state index in [0.717, 1.165) is 11.1 Å². The van der Waals surface area contributed by atoms with Gasteiger partial charge in [0.05, 0.1) is 0 Å². The Morgan fingerprint density at radius 2 is 1.52 bits per heavy atom. The summed E-state index contributed by atoms with van der Waals surface area (Å²) < 4.78 is 0. The summed E-state index contributed by atoms with van der Waals surface area (Å²) in [7, 11) is 0. The summed E-state index contributed by atoms with van der Waals surface area (Å²) in [5.74, 6) is 0.716. The number of hydrogen-bond donors (Lipinski definition) is 1. The third kappa shape index (κ3) is 2.45. The maximum absolute atomic E-state index is 10.7. The van der Waals surface area contributed by atoms with Crippen LogP contribution in [0, 0.1) is 0 Å². The molecule has 3 aromatic rings. The van der Waals surface area contributed by atoms with E-state index < -0.39 is 6.10 Å². The Labute approximate surface area is 124 Å². The van der Waals surface area contributed by atoms with Crippen molar-refractivity contribution in [3.05, 3.63) is 83.4 Å². The Bertz CT molecular complexity index is 786. The number of hydrogen-bond acceptors (Lipinski definition) is 1. The minimum absolute atomic E-state index is 0.548. The zero-order valence-corrected chi connectivity index (χ0v) is 11.9. The summed E-state index contributed by atoms with van der Waals surface area (Å²) in [4.78, 5) is 0. The maximum atomic E-state index is 10.7. The Kier molecular flexibility index (Phi) is 3.01.